The first-order valence-electron chi connectivity index (χ1n) is 12.5. The Morgan fingerprint density at radius 3 is 2.44 bits per heavy atom. The molecule has 4 aromatic rings. The van der Waals surface area contributed by atoms with Crippen LogP contribution in [0, 0.1) is 22.2 Å². The molecule has 2 N–H and O–H groups in total. The number of carbonyl (C=O) groups excluding carboxylic acids is 1. The SMILES string of the molecule is Cc1c(=O)n(C)c(Nc2ccc(I)cc2F)c2c(=O)n(C3CC3)c(=O)n(-c3cccc(NC(=O)C(C)C)c3)c12. The fraction of sp³-hybridized carbons (Fsp3) is 0.286. The first kappa shape index (κ1) is 26.9. The molecule has 202 valence electrons. The van der Waals surface area contributed by atoms with E-state index < -0.39 is 22.6 Å². The van der Waals surface area contributed by atoms with Crippen molar-refractivity contribution < 1.29 is 9.18 Å². The molecule has 0 bridgehead atoms. The maximum Gasteiger partial charge on any atom is 0.336 e. The lowest BCUT2D eigenvalue weighted by Crippen LogP contribution is -2.41. The Kier molecular flexibility index (Phi) is 6.95. The second kappa shape index (κ2) is 10.1. The minimum Gasteiger partial charge on any atom is -0.338 e. The van der Waals surface area contributed by atoms with Crippen molar-refractivity contribution in [3.05, 3.63) is 88.6 Å². The van der Waals surface area contributed by atoms with Crippen LogP contribution in [0.25, 0.3) is 16.6 Å². The number of amides is 1. The van der Waals surface area contributed by atoms with Crippen molar-refractivity contribution in [1.82, 2.24) is 13.7 Å². The molecule has 2 heterocycles. The first-order chi connectivity index (χ1) is 18.5. The topological polar surface area (TPSA) is 107 Å². The van der Waals surface area contributed by atoms with Crippen molar-refractivity contribution in [1.29, 1.82) is 0 Å². The van der Waals surface area contributed by atoms with Gasteiger partial charge in [-0.1, -0.05) is 19.9 Å². The molecule has 0 spiro atoms. The Balaban J connectivity index is 1.85. The Morgan fingerprint density at radius 2 is 1.79 bits per heavy atom. The number of fused-ring (bicyclic) bond motifs is 1. The Morgan fingerprint density at radius 1 is 1.08 bits per heavy atom. The summed E-state index contributed by atoms with van der Waals surface area (Å²) in [4.78, 5) is 53.5. The van der Waals surface area contributed by atoms with E-state index in [1.54, 1.807) is 51.1 Å². The van der Waals surface area contributed by atoms with Crippen LogP contribution in [0.4, 0.5) is 21.6 Å². The van der Waals surface area contributed by atoms with E-state index in [-0.39, 0.29) is 45.8 Å². The van der Waals surface area contributed by atoms with Gasteiger partial charge in [-0.25, -0.2) is 9.18 Å². The molecule has 1 saturated carbocycles. The zero-order valence-electron chi connectivity index (χ0n) is 21.8. The van der Waals surface area contributed by atoms with Gasteiger partial charge in [0.2, 0.25) is 5.91 Å². The van der Waals surface area contributed by atoms with Gasteiger partial charge in [0.05, 0.1) is 16.9 Å². The van der Waals surface area contributed by atoms with Gasteiger partial charge in [-0.2, -0.15) is 0 Å². The second-order valence-corrected chi connectivity index (χ2v) is 11.3. The standard InChI is InChI=1S/C28H27FIN5O4/c1-14(2)25(36)31-17-6-5-7-19(13-17)34-23-15(3)26(37)33(4)24(32-21-11-8-16(30)12-20(21)29)22(23)27(38)35(28(34)39)18-9-10-18/h5-8,11-14,18,32H,9-10H2,1-4H3,(H,31,36). The number of hydrogen-bond donors (Lipinski definition) is 2. The summed E-state index contributed by atoms with van der Waals surface area (Å²) in [5.41, 5.74) is -0.322. The molecule has 39 heavy (non-hydrogen) atoms. The highest BCUT2D eigenvalue weighted by Crippen LogP contribution is 2.34. The average molecular weight is 643 g/mol. The molecule has 0 atom stereocenters. The third kappa shape index (κ3) is 4.79. The molecule has 1 amide bonds. The number of pyridine rings is 1. The van der Waals surface area contributed by atoms with Crippen LogP contribution in [-0.2, 0) is 11.8 Å². The highest BCUT2D eigenvalue weighted by atomic mass is 127. The number of benzene rings is 2. The van der Waals surface area contributed by atoms with Gasteiger partial charge in [0.15, 0.2) is 0 Å². The Labute approximate surface area is 236 Å². The summed E-state index contributed by atoms with van der Waals surface area (Å²) < 4.78 is 19.4. The molecule has 1 aliphatic carbocycles. The second-order valence-electron chi connectivity index (χ2n) is 10.0. The van der Waals surface area contributed by atoms with Crippen LogP contribution in [-0.4, -0.2) is 19.6 Å². The smallest absolute Gasteiger partial charge is 0.336 e. The van der Waals surface area contributed by atoms with Gasteiger partial charge in [0.25, 0.3) is 11.1 Å². The first-order valence-corrected chi connectivity index (χ1v) is 13.6. The number of halogens is 2. The number of carbonyl (C=O) groups is 1. The molecule has 9 nitrogen and oxygen atoms in total. The predicted octanol–water partition coefficient (Wildman–Crippen LogP) is 4.58. The van der Waals surface area contributed by atoms with Gasteiger partial charge in [-0.3, -0.25) is 28.1 Å². The van der Waals surface area contributed by atoms with Gasteiger partial charge >= 0.3 is 5.69 Å². The molecular weight excluding hydrogens is 616 g/mol. The summed E-state index contributed by atoms with van der Waals surface area (Å²) in [6.07, 6.45) is 1.34. The van der Waals surface area contributed by atoms with E-state index in [1.807, 2.05) is 22.6 Å². The number of aryl methyl sites for hydroxylation is 1. The summed E-state index contributed by atoms with van der Waals surface area (Å²) >= 11 is 1.99. The van der Waals surface area contributed by atoms with E-state index in [2.05, 4.69) is 10.6 Å². The number of hydrogen-bond acceptors (Lipinski definition) is 5. The lowest BCUT2D eigenvalue weighted by Gasteiger charge is -2.21. The number of nitrogens with one attached hydrogen (secondary N) is 2. The highest BCUT2D eigenvalue weighted by molar-refractivity contribution is 14.1. The molecule has 1 aliphatic rings. The third-order valence-electron chi connectivity index (χ3n) is 6.84. The van der Waals surface area contributed by atoms with Crippen LogP contribution in [0.1, 0.15) is 38.3 Å². The fourth-order valence-electron chi connectivity index (χ4n) is 4.58. The van der Waals surface area contributed by atoms with Crippen LogP contribution in [0.2, 0.25) is 0 Å². The summed E-state index contributed by atoms with van der Waals surface area (Å²) in [6.45, 7) is 5.10. The van der Waals surface area contributed by atoms with Crippen molar-refractivity contribution in [3.8, 4) is 5.69 Å². The van der Waals surface area contributed by atoms with E-state index in [9.17, 15) is 23.6 Å². The minimum absolute atomic E-state index is 0.0816. The van der Waals surface area contributed by atoms with Crippen LogP contribution >= 0.6 is 22.6 Å². The molecule has 2 aromatic carbocycles. The average Bonchev–Trinajstić information content (AvgIpc) is 3.72. The molecule has 2 aromatic heterocycles. The molecule has 11 heteroatoms. The van der Waals surface area contributed by atoms with E-state index in [0.29, 0.717) is 27.8 Å². The highest BCUT2D eigenvalue weighted by Gasteiger charge is 2.31. The molecule has 5 rings (SSSR count). The minimum atomic E-state index is -0.579. The van der Waals surface area contributed by atoms with Crippen LogP contribution < -0.4 is 27.4 Å². The third-order valence-corrected chi connectivity index (χ3v) is 7.51. The van der Waals surface area contributed by atoms with Crippen molar-refractivity contribution in [3.63, 3.8) is 0 Å². The van der Waals surface area contributed by atoms with E-state index in [0.717, 1.165) is 0 Å². The van der Waals surface area contributed by atoms with E-state index in [1.165, 1.54) is 32.9 Å². The summed E-state index contributed by atoms with van der Waals surface area (Å²) in [6, 6.07) is 11.0. The quantitative estimate of drug-likeness (QED) is 0.300. The maximum atomic E-state index is 14.9. The molecule has 0 unspecified atom stereocenters. The largest absolute Gasteiger partial charge is 0.338 e. The van der Waals surface area contributed by atoms with Gasteiger partial charge in [0.1, 0.15) is 17.0 Å². The predicted molar refractivity (Wildman–Crippen MR) is 158 cm³/mol. The van der Waals surface area contributed by atoms with Crippen molar-refractivity contribution in [2.24, 2.45) is 13.0 Å². The fourth-order valence-corrected chi connectivity index (χ4v) is 5.04. The summed E-state index contributed by atoms with van der Waals surface area (Å²) in [7, 11) is 1.50. The van der Waals surface area contributed by atoms with Crippen molar-refractivity contribution in [2.75, 3.05) is 10.6 Å². The Hall–Kier alpha value is -3.74. The number of aromatic nitrogens is 3. The maximum absolute atomic E-state index is 14.9. The molecule has 0 radical (unpaired) electrons. The normalized spacial score (nSPS) is 13.2. The molecule has 0 saturated heterocycles. The molecular formula is C28H27FIN5O4. The van der Waals surface area contributed by atoms with Crippen molar-refractivity contribution >= 4 is 56.6 Å². The van der Waals surface area contributed by atoms with E-state index in [4.69, 9.17) is 0 Å². The zero-order chi connectivity index (χ0) is 28.2. The Bertz CT molecular complexity index is 1840. The molecule has 0 aliphatic heterocycles. The van der Waals surface area contributed by atoms with Crippen LogP contribution in [0.15, 0.2) is 56.8 Å². The summed E-state index contributed by atoms with van der Waals surface area (Å²) in [5.74, 6) is -0.913. The van der Waals surface area contributed by atoms with Crippen molar-refractivity contribution in [2.45, 2.75) is 39.7 Å². The van der Waals surface area contributed by atoms with Gasteiger partial charge in [-0.05, 0) is 78.8 Å². The molecule has 1 fully saturated rings. The summed E-state index contributed by atoms with van der Waals surface area (Å²) in [5, 5.41) is 5.87. The van der Waals surface area contributed by atoms with Gasteiger partial charge < -0.3 is 10.6 Å². The monoisotopic (exact) mass is 643 g/mol. The van der Waals surface area contributed by atoms with Crippen LogP contribution in [0.3, 0.4) is 0 Å². The number of anilines is 3. The lowest BCUT2D eigenvalue weighted by molar-refractivity contribution is -0.118. The zero-order valence-corrected chi connectivity index (χ0v) is 24.0. The van der Waals surface area contributed by atoms with Gasteiger partial charge in [0, 0.05) is 33.8 Å². The lowest BCUT2D eigenvalue weighted by atomic mass is 10.1. The van der Waals surface area contributed by atoms with Gasteiger partial charge in [-0.15, -0.1) is 0 Å². The number of nitrogens with zero attached hydrogens (tertiary/aromatic N) is 3. The van der Waals surface area contributed by atoms with E-state index >= 15 is 0 Å². The number of rotatable bonds is 6. The van der Waals surface area contributed by atoms with Crippen LogP contribution in [0.5, 0.6) is 0 Å².